The molecule has 6 heteroatoms. The number of hydrogen-bond donors (Lipinski definition) is 2. The molecule has 1 aromatic carbocycles. The van der Waals surface area contributed by atoms with Gasteiger partial charge in [0.25, 0.3) is 0 Å². The van der Waals surface area contributed by atoms with Gasteiger partial charge in [0.2, 0.25) is 0 Å². The van der Waals surface area contributed by atoms with Crippen molar-refractivity contribution < 1.29 is 9.47 Å². The maximum absolute atomic E-state index is 5.74. The second-order valence-corrected chi connectivity index (χ2v) is 5.82. The third-order valence-corrected chi connectivity index (χ3v) is 3.77. The number of rotatable bonds is 9. The van der Waals surface area contributed by atoms with E-state index in [2.05, 4.69) is 46.8 Å². The Labute approximate surface area is 168 Å². The smallest absolute Gasteiger partial charge is 0.191 e. The Morgan fingerprint density at radius 1 is 1.24 bits per heavy atom. The summed E-state index contributed by atoms with van der Waals surface area (Å²) in [6.07, 6.45) is 7.45. The van der Waals surface area contributed by atoms with Gasteiger partial charge in [-0.15, -0.1) is 24.0 Å². The summed E-state index contributed by atoms with van der Waals surface area (Å²) in [5.74, 6) is 1.76. The van der Waals surface area contributed by atoms with Crippen molar-refractivity contribution >= 4 is 29.9 Å². The zero-order valence-electron chi connectivity index (χ0n) is 15.2. The summed E-state index contributed by atoms with van der Waals surface area (Å²) in [6.45, 7) is 4.95. The zero-order chi connectivity index (χ0) is 17.0. The number of halogens is 1. The molecule has 0 fully saturated rings. The molecule has 0 saturated carbocycles. The average molecular weight is 459 g/mol. The standard InChI is InChI=1S/C19H29N3O2.HI/c1-3-20-19(22-17-9-4-5-10-17)21-15-16-8-6-11-18(14-16)24-13-7-12-23-2;/h4-6,8,11,14,17H,3,7,9-10,12-13,15H2,1-2H3,(H2,20,21,22);1H. The van der Waals surface area contributed by atoms with Crippen LogP contribution in [-0.2, 0) is 11.3 Å². The van der Waals surface area contributed by atoms with E-state index in [1.165, 1.54) is 0 Å². The SMILES string of the molecule is CCNC(=NCc1cccc(OCCCOC)c1)NC1CC=CC1.I. The first-order chi connectivity index (χ1) is 11.8. The van der Waals surface area contributed by atoms with E-state index in [9.17, 15) is 0 Å². The Kier molecular flexibility index (Phi) is 11.3. The number of guanidine groups is 1. The van der Waals surface area contributed by atoms with Gasteiger partial charge in [0.05, 0.1) is 13.2 Å². The van der Waals surface area contributed by atoms with Crippen molar-refractivity contribution in [3.05, 3.63) is 42.0 Å². The van der Waals surface area contributed by atoms with Crippen molar-refractivity contribution in [1.29, 1.82) is 0 Å². The van der Waals surface area contributed by atoms with Gasteiger partial charge in [-0.3, -0.25) is 0 Å². The number of nitrogens with zero attached hydrogens (tertiary/aromatic N) is 1. The number of benzene rings is 1. The van der Waals surface area contributed by atoms with Crippen LogP contribution in [0.5, 0.6) is 5.75 Å². The third-order valence-electron chi connectivity index (χ3n) is 3.77. The summed E-state index contributed by atoms with van der Waals surface area (Å²) in [4.78, 5) is 4.69. The maximum Gasteiger partial charge on any atom is 0.191 e. The number of nitrogens with one attached hydrogen (secondary N) is 2. The van der Waals surface area contributed by atoms with Crippen LogP contribution in [0.4, 0.5) is 0 Å². The van der Waals surface area contributed by atoms with Crippen molar-refractivity contribution in [2.75, 3.05) is 26.9 Å². The molecule has 0 amide bonds. The predicted molar refractivity (Wildman–Crippen MR) is 114 cm³/mol. The normalized spacial score (nSPS) is 14.2. The van der Waals surface area contributed by atoms with Crippen LogP contribution in [0.3, 0.4) is 0 Å². The van der Waals surface area contributed by atoms with Gasteiger partial charge in [-0.1, -0.05) is 24.3 Å². The fourth-order valence-electron chi connectivity index (χ4n) is 2.55. The minimum atomic E-state index is 0. The molecule has 0 unspecified atom stereocenters. The lowest BCUT2D eigenvalue weighted by Gasteiger charge is -2.16. The Bertz CT molecular complexity index is 541. The average Bonchev–Trinajstić information content (AvgIpc) is 3.10. The Morgan fingerprint density at radius 3 is 2.76 bits per heavy atom. The highest BCUT2D eigenvalue weighted by Crippen LogP contribution is 2.14. The van der Waals surface area contributed by atoms with Crippen LogP contribution in [0.25, 0.3) is 0 Å². The molecule has 2 N–H and O–H groups in total. The molecule has 0 bridgehead atoms. The molecule has 0 aliphatic heterocycles. The Balaban J connectivity index is 0.00000312. The second-order valence-electron chi connectivity index (χ2n) is 5.82. The van der Waals surface area contributed by atoms with Crippen LogP contribution in [0.2, 0.25) is 0 Å². The van der Waals surface area contributed by atoms with Crippen molar-refractivity contribution in [3.63, 3.8) is 0 Å². The summed E-state index contributed by atoms with van der Waals surface area (Å²) in [5, 5.41) is 6.79. The minimum absolute atomic E-state index is 0. The van der Waals surface area contributed by atoms with E-state index in [1.807, 2.05) is 12.1 Å². The molecule has 1 aromatic rings. The number of hydrogen-bond acceptors (Lipinski definition) is 3. The van der Waals surface area contributed by atoms with E-state index in [0.29, 0.717) is 19.2 Å². The van der Waals surface area contributed by atoms with Crippen molar-refractivity contribution in [1.82, 2.24) is 10.6 Å². The molecule has 5 nitrogen and oxygen atoms in total. The Hall–Kier alpha value is -1.28. The highest BCUT2D eigenvalue weighted by atomic mass is 127. The quantitative estimate of drug-likeness (QED) is 0.195. The summed E-state index contributed by atoms with van der Waals surface area (Å²) in [5.41, 5.74) is 1.14. The van der Waals surface area contributed by atoms with Gasteiger partial charge in [0.1, 0.15) is 5.75 Å². The van der Waals surface area contributed by atoms with E-state index >= 15 is 0 Å². The van der Waals surface area contributed by atoms with Gasteiger partial charge in [0.15, 0.2) is 5.96 Å². The topological polar surface area (TPSA) is 54.9 Å². The second kappa shape index (κ2) is 13.0. The first-order valence-corrected chi connectivity index (χ1v) is 8.72. The fraction of sp³-hybridized carbons (Fsp3) is 0.526. The van der Waals surface area contributed by atoms with Gasteiger partial charge in [-0.05, 0) is 37.5 Å². The summed E-state index contributed by atoms with van der Waals surface area (Å²) in [7, 11) is 1.70. The zero-order valence-corrected chi connectivity index (χ0v) is 17.5. The first-order valence-electron chi connectivity index (χ1n) is 8.72. The predicted octanol–water partition coefficient (Wildman–Crippen LogP) is 3.49. The van der Waals surface area contributed by atoms with Crippen LogP contribution in [0.1, 0.15) is 31.7 Å². The molecule has 25 heavy (non-hydrogen) atoms. The first kappa shape index (κ1) is 21.8. The highest BCUT2D eigenvalue weighted by Gasteiger charge is 2.11. The van der Waals surface area contributed by atoms with E-state index in [4.69, 9.17) is 9.47 Å². The molecule has 2 rings (SSSR count). The monoisotopic (exact) mass is 459 g/mol. The molecule has 0 heterocycles. The molecular formula is C19H30IN3O2. The molecule has 0 aromatic heterocycles. The highest BCUT2D eigenvalue weighted by molar-refractivity contribution is 14.0. The van der Waals surface area contributed by atoms with E-state index < -0.39 is 0 Å². The van der Waals surface area contributed by atoms with E-state index in [0.717, 1.165) is 49.7 Å². The van der Waals surface area contributed by atoms with Gasteiger partial charge in [0, 0.05) is 32.7 Å². The van der Waals surface area contributed by atoms with Crippen molar-refractivity contribution in [2.45, 2.75) is 38.8 Å². The van der Waals surface area contributed by atoms with Crippen LogP contribution < -0.4 is 15.4 Å². The molecule has 1 aliphatic rings. The lowest BCUT2D eigenvalue weighted by molar-refractivity contribution is 0.172. The van der Waals surface area contributed by atoms with Crippen LogP contribution in [0.15, 0.2) is 41.4 Å². The van der Waals surface area contributed by atoms with E-state index in [-0.39, 0.29) is 24.0 Å². The van der Waals surface area contributed by atoms with Crippen LogP contribution in [-0.4, -0.2) is 38.9 Å². The number of ether oxygens (including phenoxy) is 2. The van der Waals surface area contributed by atoms with Crippen LogP contribution >= 0.6 is 24.0 Å². The van der Waals surface area contributed by atoms with E-state index in [1.54, 1.807) is 7.11 Å². The Morgan fingerprint density at radius 2 is 2.04 bits per heavy atom. The number of methoxy groups -OCH3 is 1. The molecule has 0 spiro atoms. The van der Waals surface area contributed by atoms with Gasteiger partial charge < -0.3 is 20.1 Å². The lowest BCUT2D eigenvalue weighted by Crippen LogP contribution is -2.42. The number of aliphatic imine (C=N–C) groups is 1. The molecular weight excluding hydrogens is 429 g/mol. The van der Waals surface area contributed by atoms with Gasteiger partial charge >= 0.3 is 0 Å². The summed E-state index contributed by atoms with van der Waals surface area (Å²) >= 11 is 0. The summed E-state index contributed by atoms with van der Waals surface area (Å²) in [6, 6.07) is 8.58. The fourth-order valence-corrected chi connectivity index (χ4v) is 2.55. The summed E-state index contributed by atoms with van der Waals surface area (Å²) < 4.78 is 10.8. The maximum atomic E-state index is 5.74. The minimum Gasteiger partial charge on any atom is -0.493 e. The molecule has 1 aliphatic carbocycles. The van der Waals surface area contributed by atoms with Gasteiger partial charge in [-0.25, -0.2) is 4.99 Å². The molecule has 0 saturated heterocycles. The van der Waals surface area contributed by atoms with Crippen molar-refractivity contribution in [3.8, 4) is 5.75 Å². The lowest BCUT2D eigenvalue weighted by atomic mass is 10.2. The van der Waals surface area contributed by atoms with Crippen LogP contribution in [0, 0.1) is 0 Å². The van der Waals surface area contributed by atoms with Crippen molar-refractivity contribution in [2.24, 2.45) is 4.99 Å². The molecule has 0 atom stereocenters. The molecule has 0 radical (unpaired) electrons. The third kappa shape index (κ3) is 8.58. The molecule has 140 valence electrons. The van der Waals surface area contributed by atoms with Gasteiger partial charge in [-0.2, -0.15) is 0 Å². The largest absolute Gasteiger partial charge is 0.493 e.